The van der Waals surface area contributed by atoms with E-state index in [1.54, 1.807) is 36.7 Å². The van der Waals surface area contributed by atoms with Gasteiger partial charge in [-0.25, -0.2) is 0 Å². The summed E-state index contributed by atoms with van der Waals surface area (Å²) in [5.41, 5.74) is 1.26. The van der Waals surface area contributed by atoms with E-state index in [0.29, 0.717) is 38.5 Å². The number of nitrogens with one attached hydrogen (secondary N) is 1. The van der Waals surface area contributed by atoms with Gasteiger partial charge in [-0.3, -0.25) is 9.48 Å². The molecule has 4 rings (SSSR count). The fraction of sp³-hybridized carbons (Fsp3) is 0.190. The molecule has 0 radical (unpaired) electrons. The number of carbonyl (C=O) groups excluding carboxylic acids is 1. The van der Waals surface area contributed by atoms with Gasteiger partial charge in [-0.2, -0.15) is 18.3 Å². The first-order chi connectivity index (χ1) is 14.6. The number of hydrogen-bond donors (Lipinski definition) is 1. The van der Waals surface area contributed by atoms with Crippen molar-refractivity contribution in [2.24, 2.45) is 0 Å². The molecule has 6 nitrogen and oxygen atoms in total. The minimum absolute atomic E-state index is 0.191. The molecule has 0 spiro atoms. The van der Waals surface area contributed by atoms with Crippen LogP contribution in [0.4, 0.5) is 19.0 Å². The number of benzene rings is 2. The van der Waals surface area contributed by atoms with Gasteiger partial charge in [-0.15, -0.1) is 0 Å². The molecule has 1 amide bonds. The van der Waals surface area contributed by atoms with Crippen LogP contribution in [0, 0.1) is 13.8 Å². The first-order valence-corrected chi connectivity index (χ1v) is 9.58. The number of hydrogen-bond acceptors (Lipinski definition) is 4. The highest BCUT2D eigenvalue weighted by Gasteiger charge is 2.30. The summed E-state index contributed by atoms with van der Waals surface area (Å²) in [6.45, 7) is 3.47. The maximum absolute atomic E-state index is 12.8. The standard InChI is InChI=1S/C21H16ClF3N4O2/c1-11-17(12(2)31-28-11)20(30)26-19-18-15(22)4-3-5-16(18)29(27-19)10-13-6-8-14(9-7-13)21(23,24)25/h3-9H,10H2,1-2H3,(H,26,27,30). The summed E-state index contributed by atoms with van der Waals surface area (Å²) >= 11 is 6.36. The van der Waals surface area contributed by atoms with Crippen LogP contribution < -0.4 is 5.32 Å². The smallest absolute Gasteiger partial charge is 0.361 e. The van der Waals surface area contributed by atoms with Gasteiger partial charge in [-0.1, -0.05) is 35.0 Å². The molecule has 0 bridgehead atoms. The molecule has 4 aromatic rings. The zero-order valence-electron chi connectivity index (χ0n) is 16.4. The van der Waals surface area contributed by atoms with E-state index in [2.05, 4.69) is 15.6 Å². The highest BCUT2D eigenvalue weighted by Crippen LogP contribution is 2.32. The molecule has 0 atom stereocenters. The van der Waals surface area contributed by atoms with Gasteiger partial charge in [-0.05, 0) is 43.7 Å². The van der Waals surface area contributed by atoms with Crippen molar-refractivity contribution < 1.29 is 22.5 Å². The van der Waals surface area contributed by atoms with E-state index in [1.807, 2.05) is 0 Å². The fourth-order valence-corrected chi connectivity index (χ4v) is 3.60. The van der Waals surface area contributed by atoms with Crippen LogP contribution in [0.15, 0.2) is 47.0 Å². The Morgan fingerprint density at radius 1 is 1.16 bits per heavy atom. The van der Waals surface area contributed by atoms with Crippen LogP contribution in [0.5, 0.6) is 0 Å². The highest BCUT2D eigenvalue weighted by atomic mass is 35.5. The Hall–Kier alpha value is -3.33. The van der Waals surface area contributed by atoms with Gasteiger partial charge in [0, 0.05) is 0 Å². The molecule has 10 heteroatoms. The molecule has 2 heterocycles. The number of carbonyl (C=O) groups is 1. The quantitative estimate of drug-likeness (QED) is 0.440. The van der Waals surface area contributed by atoms with Crippen molar-refractivity contribution in [3.05, 3.63) is 75.6 Å². The Morgan fingerprint density at radius 3 is 2.48 bits per heavy atom. The first-order valence-electron chi connectivity index (χ1n) is 9.20. The van der Waals surface area contributed by atoms with E-state index in [1.165, 1.54) is 12.1 Å². The summed E-state index contributed by atoms with van der Waals surface area (Å²) in [5, 5.41) is 11.9. The average Bonchev–Trinajstić information content (AvgIpc) is 3.22. The van der Waals surface area contributed by atoms with Gasteiger partial charge in [0.1, 0.15) is 11.3 Å². The molecule has 1 N–H and O–H groups in total. The second kappa shape index (κ2) is 7.73. The van der Waals surface area contributed by atoms with Crippen molar-refractivity contribution in [3.63, 3.8) is 0 Å². The second-order valence-electron chi connectivity index (χ2n) is 6.99. The molecule has 0 aliphatic heterocycles. The van der Waals surface area contributed by atoms with Gasteiger partial charge in [0.25, 0.3) is 5.91 Å². The zero-order chi connectivity index (χ0) is 22.3. The van der Waals surface area contributed by atoms with Crippen LogP contribution in [0.3, 0.4) is 0 Å². The summed E-state index contributed by atoms with van der Waals surface area (Å²) < 4.78 is 45.1. The molecule has 2 aromatic carbocycles. The number of halogens is 4. The molecule has 0 fully saturated rings. The molecule has 160 valence electrons. The van der Waals surface area contributed by atoms with Gasteiger partial charge in [0.2, 0.25) is 0 Å². The number of aryl methyl sites for hydroxylation is 2. The lowest BCUT2D eigenvalue weighted by Crippen LogP contribution is -2.14. The Morgan fingerprint density at radius 2 is 1.87 bits per heavy atom. The zero-order valence-corrected chi connectivity index (χ0v) is 17.2. The van der Waals surface area contributed by atoms with Gasteiger partial charge < -0.3 is 9.84 Å². The molecule has 0 aliphatic rings. The SMILES string of the molecule is Cc1noc(C)c1C(=O)Nc1nn(Cc2ccc(C(F)(F)F)cc2)c2cccc(Cl)c12. The van der Waals surface area contributed by atoms with E-state index in [-0.39, 0.29) is 12.4 Å². The van der Waals surface area contributed by atoms with E-state index in [4.69, 9.17) is 16.1 Å². The van der Waals surface area contributed by atoms with Crippen molar-refractivity contribution in [1.82, 2.24) is 14.9 Å². The van der Waals surface area contributed by atoms with Crippen molar-refractivity contribution >= 4 is 34.2 Å². The van der Waals surface area contributed by atoms with E-state index in [9.17, 15) is 18.0 Å². The number of alkyl halides is 3. The Labute approximate surface area is 179 Å². The third-order valence-corrected chi connectivity index (χ3v) is 5.15. The van der Waals surface area contributed by atoms with Gasteiger partial charge in [0.15, 0.2) is 5.82 Å². The fourth-order valence-electron chi connectivity index (χ4n) is 3.34. The minimum atomic E-state index is -4.40. The maximum Gasteiger partial charge on any atom is 0.416 e. The second-order valence-corrected chi connectivity index (χ2v) is 7.40. The van der Waals surface area contributed by atoms with Crippen LogP contribution in [-0.2, 0) is 12.7 Å². The molecule has 0 saturated carbocycles. The third-order valence-electron chi connectivity index (χ3n) is 4.83. The monoisotopic (exact) mass is 448 g/mol. The predicted molar refractivity (Wildman–Crippen MR) is 109 cm³/mol. The van der Waals surface area contributed by atoms with Gasteiger partial charge in [0.05, 0.1) is 33.7 Å². The van der Waals surface area contributed by atoms with E-state index < -0.39 is 17.6 Å². The topological polar surface area (TPSA) is 73.0 Å². The number of rotatable bonds is 4. The summed E-state index contributed by atoms with van der Waals surface area (Å²) in [6.07, 6.45) is -4.40. The van der Waals surface area contributed by atoms with E-state index in [0.717, 1.165) is 12.1 Å². The number of amides is 1. The molecule has 0 unspecified atom stereocenters. The number of fused-ring (bicyclic) bond motifs is 1. The summed E-state index contributed by atoms with van der Waals surface area (Å²) in [7, 11) is 0. The van der Waals surface area contributed by atoms with Crippen LogP contribution in [0.1, 0.15) is 32.9 Å². The normalized spacial score (nSPS) is 11.8. The average molecular weight is 449 g/mol. The summed E-state index contributed by atoms with van der Waals surface area (Å²) in [4.78, 5) is 12.8. The lowest BCUT2D eigenvalue weighted by Gasteiger charge is -2.08. The molecule has 31 heavy (non-hydrogen) atoms. The summed E-state index contributed by atoms with van der Waals surface area (Å²) in [6, 6.07) is 9.99. The minimum Gasteiger partial charge on any atom is -0.361 e. The van der Waals surface area contributed by atoms with Crippen molar-refractivity contribution in [2.75, 3.05) is 5.32 Å². The number of anilines is 1. The Balaban J connectivity index is 1.69. The molecule has 2 aromatic heterocycles. The third kappa shape index (κ3) is 4.00. The Kier molecular flexibility index (Phi) is 5.22. The van der Waals surface area contributed by atoms with Crippen molar-refractivity contribution in [3.8, 4) is 0 Å². The lowest BCUT2D eigenvalue weighted by atomic mass is 10.1. The van der Waals surface area contributed by atoms with Crippen molar-refractivity contribution in [1.29, 1.82) is 0 Å². The molecular formula is C21H16ClF3N4O2. The van der Waals surface area contributed by atoms with E-state index >= 15 is 0 Å². The van der Waals surface area contributed by atoms with Crippen LogP contribution >= 0.6 is 11.6 Å². The number of nitrogens with zero attached hydrogens (tertiary/aromatic N) is 3. The van der Waals surface area contributed by atoms with Crippen molar-refractivity contribution in [2.45, 2.75) is 26.6 Å². The van der Waals surface area contributed by atoms with Crippen LogP contribution in [0.25, 0.3) is 10.9 Å². The van der Waals surface area contributed by atoms with Crippen LogP contribution in [-0.4, -0.2) is 20.8 Å². The van der Waals surface area contributed by atoms with Gasteiger partial charge >= 0.3 is 6.18 Å². The molecule has 0 saturated heterocycles. The molecular weight excluding hydrogens is 433 g/mol. The summed E-state index contributed by atoms with van der Waals surface area (Å²) in [5.74, 6) is 0.157. The van der Waals surface area contributed by atoms with Crippen LogP contribution in [0.2, 0.25) is 5.02 Å². The maximum atomic E-state index is 12.8. The molecule has 0 aliphatic carbocycles. The largest absolute Gasteiger partial charge is 0.416 e. The lowest BCUT2D eigenvalue weighted by molar-refractivity contribution is -0.137. The number of aromatic nitrogens is 3. The highest BCUT2D eigenvalue weighted by molar-refractivity contribution is 6.36. The predicted octanol–water partition coefficient (Wildman–Crippen LogP) is 5.61. The Bertz CT molecular complexity index is 1260. The first kappa shape index (κ1) is 20.9.